The average molecular weight is 296 g/mol. The zero-order valence-corrected chi connectivity index (χ0v) is 11.6. The molecule has 1 aromatic heterocycles. The molecule has 0 saturated heterocycles. The van der Waals surface area contributed by atoms with Crippen molar-refractivity contribution in [3.05, 3.63) is 45.7 Å². The van der Waals surface area contributed by atoms with Gasteiger partial charge in [-0.2, -0.15) is 0 Å². The van der Waals surface area contributed by atoms with Crippen LogP contribution in [0.25, 0.3) is 0 Å². The molecule has 0 aliphatic heterocycles. The second kappa shape index (κ2) is 4.23. The Morgan fingerprint density at radius 1 is 1.29 bits per heavy atom. The van der Waals surface area contributed by atoms with Crippen LogP contribution in [0.2, 0.25) is 0 Å². The number of rotatable bonds is 2. The first kappa shape index (κ1) is 12.3. The van der Waals surface area contributed by atoms with E-state index in [9.17, 15) is 5.11 Å². The van der Waals surface area contributed by atoms with Crippen molar-refractivity contribution in [2.24, 2.45) is 7.05 Å². The molecule has 0 spiro atoms. The lowest BCUT2D eigenvalue weighted by molar-refractivity contribution is 0.0921. The molecule has 4 nitrogen and oxygen atoms in total. The van der Waals surface area contributed by atoms with Gasteiger partial charge in [-0.05, 0) is 35.3 Å². The third-order valence-corrected chi connectivity index (χ3v) is 3.39. The molecule has 0 aliphatic carbocycles. The van der Waals surface area contributed by atoms with Gasteiger partial charge in [0.2, 0.25) is 0 Å². The minimum Gasteiger partial charge on any atom is -0.379 e. The van der Waals surface area contributed by atoms with Gasteiger partial charge in [0.1, 0.15) is 11.3 Å². The molecule has 0 aliphatic rings. The van der Waals surface area contributed by atoms with Gasteiger partial charge in [-0.15, -0.1) is 5.10 Å². The maximum atomic E-state index is 10.7. The molecule has 1 N–H and O–H groups in total. The first-order valence-corrected chi connectivity index (χ1v) is 6.07. The van der Waals surface area contributed by atoms with Crippen LogP contribution in [-0.2, 0) is 12.6 Å². The van der Waals surface area contributed by atoms with Crippen LogP contribution in [0.4, 0.5) is 0 Å². The lowest BCUT2D eigenvalue weighted by Gasteiger charge is -2.24. The van der Waals surface area contributed by atoms with Gasteiger partial charge < -0.3 is 5.11 Å². The zero-order valence-electron chi connectivity index (χ0n) is 9.98. The summed E-state index contributed by atoms with van der Waals surface area (Å²) in [5.41, 5.74) is 1.49. The molecule has 0 radical (unpaired) electrons. The molecule has 90 valence electrons. The largest absolute Gasteiger partial charge is 0.379 e. The van der Waals surface area contributed by atoms with Crippen molar-refractivity contribution >= 4 is 15.9 Å². The van der Waals surface area contributed by atoms with Crippen molar-refractivity contribution in [3.8, 4) is 0 Å². The van der Waals surface area contributed by atoms with E-state index < -0.39 is 5.60 Å². The molecule has 0 bridgehead atoms. The van der Waals surface area contributed by atoms with Crippen molar-refractivity contribution < 1.29 is 5.11 Å². The summed E-state index contributed by atoms with van der Waals surface area (Å²) in [7, 11) is 1.76. The number of aliphatic hydroxyl groups is 1. The molecular formula is C12H14BrN3O. The van der Waals surface area contributed by atoms with Gasteiger partial charge in [0.05, 0.1) is 0 Å². The first-order valence-electron chi connectivity index (χ1n) is 5.28. The van der Waals surface area contributed by atoms with Gasteiger partial charge in [-0.3, -0.25) is 0 Å². The van der Waals surface area contributed by atoms with E-state index in [0.717, 1.165) is 11.1 Å². The van der Waals surface area contributed by atoms with Crippen molar-refractivity contribution in [3.63, 3.8) is 0 Å². The molecule has 17 heavy (non-hydrogen) atoms. The van der Waals surface area contributed by atoms with Crippen molar-refractivity contribution in [1.29, 1.82) is 0 Å². The van der Waals surface area contributed by atoms with Crippen LogP contribution in [-0.4, -0.2) is 20.1 Å². The number of benzene rings is 1. The maximum absolute atomic E-state index is 10.7. The van der Waals surface area contributed by atoms with Gasteiger partial charge >= 0.3 is 0 Å². The topological polar surface area (TPSA) is 50.9 Å². The summed E-state index contributed by atoms with van der Waals surface area (Å²) in [6, 6.07) is 7.77. The van der Waals surface area contributed by atoms with E-state index in [0.29, 0.717) is 10.3 Å². The van der Waals surface area contributed by atoms with E-state index in [4.69, 9.17) is 0 Å². The molecule has 2 aromatic rings. The van der Waals surface area contributed by atoms with Crippen molar-refractivity contribution in [2.75, 3.05) is 0 Å². The van der Waals surface area contributed by atoms with Crippen molar-refractivity contribution in [1.82, 2.24) is 15.0 Å². The standard InChI is InChI=1S/C12H14BrN3O/c1-8-4-6-9(7-5-8)12(2,17)10-11(13)14-15-16(10)3/h4-7,17H,1-3H3. The average Bonchev–Trinajstić information content (AvgIpc) is 2.59. The first-order chi connectivity index (χ1) is 7.93. The molecule has 0 amide bonds. The fraction of sp³-hybridized carbons (Fsp3) is 0.333. The molecule has 1 heterocycles. The second-order valence-electron chi connectivity index (χ2n) is 4.29. The van der Waals surface area contributed by atoms with Crippen LogP contribution in [0, 0.1) is 6.92 Å². The van der Waals surface area contributed by atoms with Crippen LogP contribution >= 0.6 is 15.9 Å². The maximum Gasteiger partial charge on any atom is 0.154 e. The molecule has 1 aromatic carbocycles. The Morgan fingerprint density at radius 2 is 1.88 bits per heavy atom. The van der Waals surface area contributed by atoms with Crippen LogP contribution in [0.15, 0.2) is 28.9 Å². The number of nitrogens with zero attached hydrogens (tertiary/aromatic N) is 3. The molecule has 1 atom stereocenters. The predicted octanol–water partition coefficient (Wildman–Crippen LogP) is 2.14. The highest BCUT2D eigenvalue weighted by Gasteiger charge is 2.32. The van der Waals surface area contributed by atoms with E-state index in [1.807, 2.05) is 31.2 Å². The Labute approximate surface area is 108 Å². The van der Waals surface area contributed by atoms with Crippen LogP contribution in [0.1, 0.15) is 23.7 Å². The van der Waals surface area contributed by atoms with Crippen LogP contribution in [0.3, 0.4) is 0 Å². The van der Waals surface area contributed by atoms with E-state index in [2.05, 4.69) is 26.2 Å². The van der Waals surface area contributed by atoms with E-state index in [1.165, 1.54) is 0 Å². The lowest BCUT2D eigenvalue weighted by atomic mass is 9.92. The highest BCUT2D eigenvalue weighted by molar-refractivity contribution is 9.10. The smallest absolute Gasteiger partial charge is 0.154 e. The SMILES string of the molecule is Cc1ccc(C(C)(O)c2c(Br)nnn2C)cc1. The Kier molecular flexibility index (Phi) is 3.05. The third-order valence-electron chi connectivity index (χ3n) is 2.86. The molecular weight excluding hydrogens is 282 g/mol. The summed E-state index contributed by atoms with van der Waals surface area (Å²) in [6.45, 7) is 3.75. The van der Waals surface area contributed by atoms with E-state index in [1.54, 1.807) is 18.7 Å². The fourth-order valence-corrected chi connectivity index (χ4v) is 2.58. The number of aromatic nitrogens is 3. The van der Waals surface area contributed by atoms with Crippen molar-refractivity contribution in [2.45, 2.75) is 19.4 Å². The molecule has 0 fully saturated rings. The highest BCUT2D eigenvalue weighted by Crippen LogP contribution is 2.32. The van der Waals surface area contributed by atoms with Crippen LogP contribution < -0.4 is 0 Å². The summed E-state index contributed by atoms with van der Waals surface area (Å²) in [5.74, 6) is 0. The second-order valence-corrected chi connectivity index (χ2v) is 5.04. The number of hydrogen-bond donors (Lipinski definition) is 1. The normalized spacial score (nSPS) is 14.6. The van der Waals surface area contributed by atoms with E-state index in [-0.39, 0.29) is 0 Å². The fourth-order valence-electron chi connectivity index (χ4n) is 1.86. The minimum absolute atomic E-state index is 0.561. The zero-order chi connectivity index (χ0) is 12.6. The summed E-state index contributed by atoms with van der Waals surface area (Å²) < 4.78 is 2.13. The summed E-state index contributed by atoms with van der Waals surface area (Å²) >= 11 is 3.31. The monoisotopic (exact) mass is 295 g/mol. The minimum atomic E-state index is -1.12. The quantitative estimate of drug-likeness (QED) is 0.923. The number of hydrogen-bond acceptors (Lipinski definition) is 3. The molecule has 5 heteroatoms. The van der Waals surface area contributed by atoms with Gasteiger partial charge in [-0.1, -0.05) is 35.0 Å². The highest BCUT2D eigenvalue weighted by atomic mass is 79.9. The predicted molar refractivity (Wildman–Crippen MR) is 68.6 cm³/mol. The Morgan fingerprint density at radius 3 is 2.35 bits per heavy atom. The number of aryl methyl sites for hydroxylation is 2. The van der Waals surface area contributed by atoms with E-state index >= 15 is 0 Å². The van der Waals surface area contributed by atoms with Gasteiger partial charge in [0.25, 0.3) is 0 Å². The summed E-state index contributed by atoms with van der Waals surface area (Å²) in [6.07, 6.45) is 0. The molecule has 1 unspecified atom stereocenters. The Balaban J connectivity index is 2.53. The Hall–Kier alpha value is -1.20. The van der Waals surface area contributed by atoms with Gasteiger partial charge in [0, 0.05) is 7.05 Å². The van der Waals surface area contributed by atoms with Gasteiger partial charge in [0.15, 0.2) is 4.60 Å². The van der Waals surface area contributed by atoms with Crippen LogP contribution in [0.5, 0.6) is 0 Å². The Bertz CT molecular complexity index is 512. The summed E-state index contributed by atoms with van der Waals surface area (Å²) in [5, 5.41) is 18.4. The molecule has 0 saturated carbocycles. The summed E-state index contributed by atoms with van der Waals surface area (Å²) in [4.78, 5) is 0. The lowest BCUT2D eigenvalue weighted by Crippen LogP contribution is -2.26. The van der Waals surface area contributed by atoms with Gasteiger partial charge in [-0.25, -0.2) is 4.68 Å². The number of halogens is 1. The molecule has 2 rings (SSSR count). The third kappa shape index (κ3) is 2.12.